The summed E-state index contributed by atoms with van der Waals surface area (Å²) in [5.41, 5.74) is 0. The second kappa shape index (κ2) is 5.45. The van der Waals surface area contributed by atoms with E-state index in [-0.39, 0.29) is 5.82 Å². The normalized spacial score (nSPS) is 12.6. The lowest BCUT2D eigenvalue weighted by molar-refractivity contribution is 0.573. The lowest BCUT2D eigenvalue weighted by atomic mass is 10.2. The molecule has 0 aromatic carbocycles. The third-order valence-corrected chi connectivity index (χ3v) is 2.92. The van der Waals surface area contributed by atoms with Gasteiger partial charge in [0, 0.05) is 23.8 Å². The van der Waals surface area contributed by atoms with E-state index in [2.05, 4.69) is 34.8 Å². The molecule has 0 N–H and O–H groups in total. The smallest absolute Gasteiger partial charge is 0.166 e. The van der Waals surface area contributed by atoms with Gasteiger partial charge in [-0.1, -0.05) is 13.3 Å². The molecule has 1 unspecified atom stereocenters. The lowest BCUT2D eigenvalue weighted by Gasteiger charge is -2.25. The predicted octanol–water partition coefficient (Wildman–Crippen LogP) is 3.61. The van der Waals surface area contributed by atoms with Crippen molar-refractivity contribution in [2.45, 2.75) is 32.7 Å². The molecule has 1 atom stereocenters. The van der Waals surface area contributed by atoms with Crippen molar-refractivity contribution in [3.05, 3.63) is 22.6 Å². The van der Waals surface area contributed by atoms with Gasteiger partial charge in [-0.3, -0.25) is 0 Å². The van der Waals surface area contributed by atoms with Crippen molar-refractivity contribution in [2.24, 2.45) is 0 Å². The number of anilines is 1. The Morgan fingerprint density at radius 1 is 1.60 bits per heavy atom. The summed E-state index contributed by atoms with van der Waals surface area (Å²) in [6, 6.07) is 1.75. The van der Waals surface area contributed by atoms with Gasteiger partial charge in [0.15, 0.2) is 11.6 Å². The van der Waals surface area contributed by atoms with Crippen molar-refractivity contribution in [1.82, 2.24) is 4.98 Å². The molecule has 1 heterocycles. The molecule has 1 aromatic heterocycles. The minimum atomic E-state index is -0.283. The van der Waals surface area contributed by atoms with Crippen LogP contribution in [-0.2, 0) is 0 Å². The van der Waals surface area contributed by atoms with Gasteiger partial charge in [0.2, 0.25) is 0 Å². The summed E-state index contributed by atoms with van der Waals surface area (Å²) < 4.78 is 14.2. The van der Waals surface area contributed by atoms with Crippen LogP contribution in [0.15, 0.2) is 16.7 Å². The minimum absolute atomic E-state index is 0.283. The van der Waals surface area contributed by atoms with Crippen LogP contribution in [0.4, 0.5) is 10.2 Å². The standard InChI is InChI=1S/C11H16BrFN2/c1-4-5-8(2)15(3)11-10(13)6-9(12)7-14-11/h6-8H,4-5H2,1-3H3. The van der Waals surface area contributed by atoms with E-state index in [1.807, 2.05) is 11.9 Å². The van der Waals surface area contributed by atoms with E-state index in [9.17, 15) is 4.39 Å². The maximum Gasteiger partial charge on any atom is 0.166 e. The van der Waals surface area contributed by atoms with Crippen LogP contribution >= 0.6 is 15.9 Å². The molecule has 0 saturated heterocycles. The fraction of sp³-hybridized carbons (Fsp3) is 0.545. The van der Waals surface area contributed by atoms with E-state index < -0.39 is 0 Å². The molecular weight excluding hydrogens is 259 g/mol. The third-order valence-electron chi connectivity index (χ3n) is 2.49. The maximum atomic E-state index is 13.6. The van der Waals surface area contributed by atoms with Crippen molar-refractivity contribution in [2.75, 3.05) is 11.9 Å². The highest BCUT2D eigenvalue weighted by Gasteiger charge is 2.14. The van der Waals surface area contributed by atoms with E-state index in [1.165, 1.54) is 6.07 Å². The average Bonchev–Trinajstić information content (AvgIpc) is 2.17. The zero-order valence-corrected chi connectivity index (χ0v) is 10.9. The fourth-order valence-electron chi connectivity index (χ4n) is 1.49. The first-order valence-corrected chi connectivity index (χ1v) is 5.89. The number of rotatable bonds is 4. The maximum absolute atomic E-state index is 13.6. The highest BCUT2D eigenvalue weighted by atomic mass is 79.9. The van der Waals surface area contributed by atoms with Crippen LogP contribution in [0.1, 0.15) is 26.7 Å². The summed E-state index contributed by atoms with van der Waals surface area (Å²) in [5.74, 6) is 0.133. The SMILES string of the molecule is CCCC(C)N(C)c1ncc(Br)cc1F. The number of halogens is 2. The van der Waals surface area contributed by atoms with Crippen LogP contribution in [0, 0.1) is 5.82 Å². The Bertz CT molecular complexity index is 330. The molecule has 0 bridgehead atoms. The Balaban J connectivity index is 2.86. The van der Waals surface area contributed by atoms with Crippen molar-refractivity contribution in [3.63, 3.8) is 0 Å². The van der Waals surface area contributed by atoms with E-state index in [1.54, 1.807) is 6.20 Å². The van der Waals surface area contributed by atoms with E-state index in [0.29, 0.717) is 16.3 Å². The van der Waals surface area contributed by atoms with E-state index in [4.69, 9.17) is 0 Å². The molecule has 0 spiro atoms. The molecule has 1 aromatic rings. The molecule has 84 valence electrons. The molecule has 2 nitrogen and oxygen atoms in total. The number of nitrogens with zero attached hydrogens (tertiary/aromatic N) is 2. The van der Waals surface area contributed by atoms with Crippen LogP contribution in [0.5, 0.6) is 0 Å². The highest BCUT2D eigenvalue weighted by molar-refractivity contribution is 9.10. The molecule has 0 amide bonds. The highest BCUT2D eigenvalue weighted by Crippen LogP contribution is 2.21. The second-order valence-corrected chi connectivity index (χ2v) is 4.62. The van der Waals surface area contributed by atoms with Crippen molar-refractivity contribution in [1.29, 1.82) is 0 Å². The van der Waals surface area contributed by atoms with Gasteiger partial charge in [-0.05, 0) is 35.3 Å². The van der Waals surface area contributed by atoms with Crippen molar-refractivity contribution >= 4 is 21.7 Å². The first-order chi connectivity index (χ1) is 7.06. The molecule has 4 heteroatoms. The molecule has 15 heavy (non-hydrogen) atoms. The van der Waals surface area contributed by atoms with Gasteiger partial charge in [-0.2, -0.15) is 0 Å². The summed E-state index contributed by atoms with van der Waals surface area (Å²) in [6.07, 6.45) is 3.74. The van der Waals surface area contributed by atoms with Crippen LogP contribution < -0.4 is 4.90 Å². The van der Waals surface area contributed by atoms with Gasteiger partial charge < -0.3 is 4.90 Å². The molecule has 0 radical (unpaired) electrons. The van der Waals surface area contributed by atoms with Gasteiger partial charge in [0.25, 0.3) is 0 Å². The van der Waals surface area contributed by atoms with Crippen molar-refractivity contribution in [3.8, 4) is 0 Å². The van der Waals surface area contributed by atoms with Gasteiger partial charge in [-0.25, -0.2) is 9.37 Å². The Kier molecular flexibility index (Phi) is 4.51. The van der Waals surface area contributed by atoms with Gasteiger partial charge in [-0.15, -0.1) is 0 Å². The predicted molar refractivity (Wildman–Crippen MR) is 64.7 cm³/mol. The molecule has 0 aliphatic heterocycles. The minimum Gasteiger partial charge on any atom is -0.355 e. The van der Waals surface area contributed by atoms with Crippen LogP contribution in [0.25, 0.3) is 0 Å². The number of hydrogen-bond acceptors (Lipinski definition) is 2. The zero-order chi connectivity index (χ0) is 11.4. The Morgan fingerprint density at radius 2 is 2.27 bits per heavy atom. The first kappa shape index (κ1) is 12.4. The molecule has 0 fully saturated rings. The molecule has 0 aliphatic rings. The topological polar surface area (TPSA) is 16.1 Å². The Hall–Kier alpha value is -0.640. The van der Waals surface area contributed by atoms with E-state index in [0.717, 1.165) is 12.8 Å². The Morgan fingerprint density at radius 3 is 2.80 bits per heavy atom. The molecule has 0 saturated carbocycles. The third kappa shape index (κ3) is 3.16. The summed E-state index contributed by atoms with van der Waals surface area (Å²) >= 11 is 3.19. The summed E-state index contributed by atoms with van der Waals surface area (Å²) in [5, 5.41) is 0. The first-order valence-electron chi connectivity index (χ1n) is 5.10. The summed E-state index contributed by atoms with van der Waals surface area (Å²) in [7, 11) is 1.87. The monoisotopic (exact) mass is 274 g/mol. The van der Waals surface area contributed by atoms with Crippen LogP contribution in [0.3, 0.4) is 0 Å². The van der Waals surface area contributed by atoms with E-state index >= 15 is 0 Å². The van der Waals surface area contributed by atoms with Gasteiger partial charge in [0.05, 0.1) is 0 Å². The Labute approximate surface area is 98.6 Å². The molecule has 1 rings (SSSR count). The second-order valence-electron chi connectivity index (χ2n) is 3.71. The number of hydrogen-bond donors (Lipinski definition) is 0. The summed E-state index contributed by atoms with van der Waals surface area (Å²) in [6.45, 7) is 4.20. The van der Waals surface area contributed by atoms with Gasteiger partial charge in [0.1, 0.15) is 0 Å². The largest absolute Gasteiger partial charge is 0.355 e. The molecular formula is C11H16BrFN2. The fourth-order valence-corrected chi connectivity index (χ4v) is 1.79. The lowest BCUT2D eigenvalue weighted by Crippen LogP contribution is -2.30. The quantitative estimate of drug-likeness (QED) is 0.834. The van der Waals surface area contributed by atoms with Crippen LogP contribution in [0.2, 0.25) is 0 Å². The zero-order valence-electron chi connectivity index (χ0n) is 9.30. The number of aromatic nitrogens is 1. The molecule has 0 aliphatic carbocycles. The van der Waals surface area contributed by atoms with Crippen molar-refractivity contribution < 1.29 is 4.39 Å². The van der Waals surface area contributed by atoms with Crippen LogP contribution in [-0.4, -0.2) is 18.1 Å². The van der Waals surface area contributed by atoms with Gasteiger partial charge >= 0.3 is 0 Å². The average molecular weight is 275 g/mol. The summed E-state index contributed by atoms with van der Waals surface area (Å²) in [4.78, 5) is 5.97. The number of pyridine rings is 1.